The van der Waals surface area contributed by atoms with Crippen LogP contribution >= 0.6 is 0 Å². The first kappa shape index (κ1) is 18.2. The Labute approximate surface area is 145 Å². The van der Waals surface area contributed by atoms with Crippen LogP contribution in [-0.2, 0) is 24.2 Å². The number of fused-ring (bicyclic) bond motifs is 1. The van der Waals surface area contributed by atoms with E-state index in [1.807, 2.05) is 30.3 Å². The standard InChI is InChI=1S/C11H15N.C10H13NO/c1-9-3-4-11-8-12(2)6-5-10(11)7-9;1-11-10(12)8-7-9-5-3-2-4-6-9/h3-4,7H,5-6,8H2,1-2H3;2-6H,7-8H2,1H3,(H,11,12). The number of hydrogen-bond acceptors (Lipinski definition) is 2. The molecule has 1 N–H and O–H groups in total. The first-order chi connectivity index (χ1) is 11.6. The summed E-state index contributed by atoms with van der Waals surface area (Å²) in [6.45, 7) is 4.49. The Morgan fingerprint density at radius 1 is 1.12 bits per heavy atom. The van der Waals surface area contributed by atoms with Gasteiger partial charge < -0.3 is 10.2 Å². The Kier molecular flexibility index (Phi) is 7.01. The van der Waals surface area contributed by atoms with Crippen molar-refractivity contribution in [3.05, 3.63) is 70.8 Å². The summed E-state index contributed by atoms with van der Waals surface area (Å²) in [5.41, 5.74) is 5.65. The highest BCUT2D eigenvalue weighted by Crippen LogP contribution is 2.18. The molecule has 0 saturated heterocycles. The van der Waals surface area contributed by atoms with Gasteiger partial charge in [-0.05, 0) is 43.5 Å². The Balaban J connectivity index is 0.000000174. The van der Waals surface area contributed by atoms with Gasteiger partial charge in [-0.3, -0.25) is 4.79 Å². The molecule has 0 bridgehead atoms. The van der Waals surface area contributed by atoms with E-state index in [0.717, 1.165) is 13.0 Å². The minimum absolute atomic E-state index is 0.0962. The lowest BCUT2D eigenvalue weighted by Gasteiger charge is -2.24. The third-order valence-corrected chi connectivity index (χ3v) is 4.33. The summed E-state index contributed by atoms with van der Waals surface area (Å²) in [5, 5.41) is 2.60. The summed E-state index contributed by atoms with van der Waals surface area (Å²) < 4.78 is 0. The van der Waals surface area contributed by atoms with Gasteiger partial charge in [0.2, 0.25) is 5.91 Å². The number of nitrogens with one attached hydrogen (secondary N) is 1. The average molecular weight is 324 g/mol. The van der Waals surface area contributed by atoms with E-state index in [1.165, 1.54) is 29.7 Å². The summed E-state index contributed by atoms with van der Waals surface area (Å²) in [7, 11) is 3.84. The lowest BCUT2D eigenvalue weighted by molar-refractivity contribution is -0.120. The van der Waals surface area contributed by atoms with Crippen LogP contribution in [0.25, 0.3) is 0 Å². The van der Waals surface area contributed by atoms with E-state index in [1.54, 1.807) is 12.6 Å². The number of carbonyl (C=O) groups excluding carboxylic acids is 1. The van der Waals surface area contributed by atoms with Gasteiger partial charge in [0.15, 0.2) is 0 Å². The second kappa shape index (κ2) is 9.24. The number of benzene rings is 2. The predicted octanol–water partition coefficient (Wildman–Crippen LogP) is 3.35. The molecule has 3 rings (SSSR count). The van der Waals surface area contributed by atoms with E-state index in [0.29, 0.717) is 6.42 Å². The van der Waals surface area contributed by atoms with Gasteiger partial charge in [0, 0.05) is 26.6 Å². The Bertz CT molecular complexity index is 652. The van der Waals surface area contributed by atoms with Crippen molar-refractivity contribution in [1.29, 1.82) is 0 Å². The van der Waals surface area contributed by atoms with Gasteiger partial charge in [-0.1, -0.05) is 54.1 Å². The van der Waals surface area contributed by atoms with E-state index in [4.69, 9.17) is 0 Å². The number of hydrogen-bond donors (Lipinski definition) is 1. The maximum absolute atomic E-state index is 10.9. The Morgan fingerprint density at radius 2 is 1.88 bits per heavy atom. The SMILES string of the molecule is CNC(=O)CCc1ccccc1.Cc1ccc2c(c1)CCN(C)C2. The van der Waals surface area contributed by atoms with E-state index in [9.17, 15) is 4.79 Å². The number of nitrogens with zero attached hydrogens (tertiary/aromatic N) is 1. The normalized spacial score (nSPS) is 13.5. The fourth-order valence-corrected chi connectivity index (χ4v) is 2.85. The molecule has 128 valence electrons. The maximum Gasteiger partial charge on any atom is 0.220 e. The zero-order chi connectivity index (χ0) is 17.4. The second-order valence-electron chi connectivity index (χ2n) is 6.42. The minimum Gasteiger partial charge on any atom is -0.359 e. The topological polar surface area (TPSA) is 32.3 Å². The third-order valence-electron chi connectivity index (χ3n) is 4.33. The van der Waals surface area contributed by atoms with E-state index in [-0.39, 0.29) is 5.91 Å². The quantitative estimate of drug-likeness (QED) is 0.939. The maximum atomic E-state index is 10.9. The van der Waals surface area contributed by atoms with Crippen molar-refractivity contribution in [3.8, 4) is 0 Å². The molecule has 0 radical (unpaired) electrons. The lowest BCUT2D eigenvalue weighted by Crippen LogP contribution is -2.26. The molecule has 1 heterocycles. The third kappa shape index (κ3) is 5.82. The van der Waals surface area contributed by atoms with Crippen molar-refractivity contribution >= 4 is 5.91 Å². The lowest BCUT2D eigenvalue weighted by atomic mass is 9.98. The van der Waals surface area contributed by atoms with Gasteiger partial charge in [0.25, 0.3) is 0 Å². The highest BCUT2D eigenvalue weighted by atomic mass is 16.1. The van der Waals surface area contributed by atoms with Crippen LogP contribution in [0.3, 0.4) is 0 Å². The summed E-state index contributed by atoms with van der Waals surface area (Å²) in [6, 6.07) is 16.8. The molecule has 0 unspecified atom stereocenters. The molecule has 2 aromatic rings. The van der Waals surface area contributed by atoms with E-state index < -0.39 is 0 Å². The molecule has 0 aromatic heterocycles. The highest BCUT2D eigenvalue weighted by molar-refractivity contribution is 5.75. The molecule has 3 heteroatoms. The molecule has 1 amide bonds. The monoisotopic (exact) mass is 324 g/mol. The van der Waals surface area contributed by atoms with Crippen molar-refractivity contribution < 1.29 is 4.79 Å². The number of amides is 1. The summed E-state index contributed by atoms with van der Waals surface area (Å²) >= 11 is 0. The first-order valence-corrected chi connectivity index (χ1v) is 8.60. The van der Waals surface area contributed by atoms with Crippen LogP contribution in [0, 0.1) is 6.92 Å². The average Bonchev–Trinajstić information content (AvgIpc) is 2.61. The fraction of sp³-hybridized carbons (Fsp3) is 0.381. The largest absolute Gasteiger partial charge is 0.359 e. The molecule has 3 nitrogen and oxygen atoms in total. The first-order valence-electron chi connectivity index (χ1n) is 8.60. The number of likely N-dealkylation sites (N-methyl/N-ethyl adjacent to an activating group) is 1. The van der Waals surface area contributed by atoms with Crippen LogP contribution < -0.4 is 5.32 Å². The minimum atomic E-state index is 0.0962. The molecule has 24 heavy (non-hydrogen) atoms. The molecule has 2 aromatic carbocycles. The van der Waals surface area contributed by atoms with Gasteiger partial charge in [0.05, 0.1) is 0 Å². The van der Waals surface area contributed by atoms with Crippen molar-refractivity contribution in [1.82, 2.24) is 10.2 Å². The summed E-state index contributed by atoms with van der Waals surface area (Å²) in [6.07, 6.45) is 2.61. The predicted molar refractivity (Wildman–Crippen MR) is 100 cm³/mol. The molecule has 0 saturated carbocycles. The number of carbonyl (C=O) groups is 1. The zero-order valence-corrected chi connectivity index (χ0v) is 15.0. The van der Waals surface area contributed by atoms with Crippen LogP contribution in [0.1, 0.15) is 28.7 Å². The Hall–Kier alpha value is -2.13. The molecule has 0 atom stereocenters. The van der Waals surface area contributed by atoms with Gasteiger partial charge in [-0.15, -0.1) is 0 Å². The van der Waals surface area contributed by atoms with Crippen LogP contribution in [-0.4, -0.2) is 31.4 Å². The van der Waals surface area contributed by atoms with Crippen molar-refractivity contribution in [2.75, 3.05) is 20.6 Å². The van der Waals surface area contributed by atoms with Gasteiger partial charge in [0.1, 0.15) is 0 Å². The van der Waals surface area contributed by atoms with Crippen molar-refractivity contribution in [3.63, 3.8) is 0 Å². The zero-order valence-electron chi connectivity index (χ0n) is 15.0. The van der Waals surface area contributed by atoms with E-state index in [2.05, 4.69) is 42.4 Å². The second-order valence-corrected chi connectivity index (χ2v) is 6.42. The summed E-state index contributed by atoms with van der Waals surface area (Å²) in [4.78, 5) is 13.2. The molecular weight excluding hydrogens is 296 g/mol. The number of rotatable bonds is 3. The smallest absolute Gasteiger partial charge is 0.220 e. The molecule has 0 fully saturated rings. The van der Waals surface area contributed by atoms with Gasteiger partial charge in [-0.2, -0.15) is 0 Å². The molecule has 1 aliphatic heterocycles. The van der Waals surface area contributed by atoms with Crippen LogP contribution in [0.5, 0.6) is 0 Å². The van der Waals surface area contributed by atoms with Crippen LogP contribution in [0.15, 0.2) is 48.5 Å². The Morgan fingerprint density at radius 3 is 2.58 bits per heavy atom. The van der Waals surface area contributed by atoms with E-state index >= 15 is 0 Å². The van der Waals surface area contributed by atoms with Crippen molar-refractivity contribution in [2.24, 2.45) is 0 Å². The summed E-state index contributed by atoms with van der Waals surface area (Å²) in [5.74, 6) is 0.0962. The molecule has 0 spiro atoms. The van der Waals surface area contributed by atoms with Crippen LogP contribution in [0.2, 0.25) is 0 Å². The van der Waals surface area contributed by atoms with Gasteiger partial charge >= 0.3 is 0 Å². The molecule has 1 aliphatic rings. The number of aryl methyl sites for hydroxylation is 2. The highest BCUT2D eigenvalue weighted by Gasteiger charge is 2.11. The fourth-order valence-electron chi connectivity index (χ4n) is 2.85. The van der Waals surface area contributed by atoms with Crippen LogP contribution in [0.4, 0.5) is 0 Å². The molecule has 0 aliphatic carbocycles. The van der Waals surface area contributed by atoms with Gasteiger partial charge in [-0.25, -0.2) is 0 Å². The molecular formula is C21H28N2O. The van der Waals surface area contributed by atoms with Crippen molar-refractivity contribution in [2.45, 2.75) is 32.7 Å².